The molecule has 2 unspecified atom stereocenters. The minimum atomic E-state index is 0.423. The van der Waals surface area contributed by atoms with Crippen molar-refractivity contribution in [2.24, 2.45) is 11.8 Å². The van der Waals surface area contributed by atoms with Crippen LogP contribution in [-0.4, -0.2) is 36.1 Å². The van der Waals surface area contributed by atoms with E-state index in [0.29, 0.717) is 11.6 Å². The summed E-state index contributed by atoms with van der Waals surface area (Å²) >= 11 is 0. The lowest BCUT2D eigenvalue weighted by atomic mass is 9.83. The molecule has 1 saturated carbocycles. The summed E-state index contributed by atoms with van der Waals surface area (Å²) in [5.74, 6) is 1.77. The molecule has 1 aliphatic carbocycles. The van der Waals surface area contributed by atoms with Gasteiger partial charge < -0.3 is 5.32 Å². The fourth-order valence-corrected chi connectivity index (χ4v) is 4.31. The molecule has 2 nitrogen and oxygen atoms in total. The molecular formula is C18H36N2. The lowest BCUT2D eigenvalue weighted by Gasteiger charge is -2.51. The molecule has 0 aromatic heterocycles. The predicted octanol–water partition coefficient (Wildman–Crippen LogP) is 4.06. The van der Waals surface area contributed by atoms with Crippen LogP contribution >= 0.6 is 0 Å². The Labute approximate surface area is 126 Å². The monoisotopic (exact) mass is 280 g/mol. The summed E-state index contributed by atoms with van der Waals surface area (Å²) in [4.78, 5) is 2.89. The Bertz CT molecular complexity index is 279. The zero-order valence-electron chi connectivity index (χ0n) is 14.3. The molecule has 1 N–H and O–H groups in total. The molecule has 0 spiro atoms. The third-order valence-electron chi connectivity index (χ3n) is 6.38. The van der Waals surface area contributed by atoms with E-state index in [9.17, 15) is 0 Å². The molecule has 0 radical (unpaired) electrons. The molecule has 0 aromatic rings. The normalized spacial score (nSPS) is 29.7. The maximum atomic E-state index is 3.88. The molecule has 2 rings (SSSR count). The Kier molecular flexibility index (Phi) is 5.92. The highest BCUT2D eigenvalue weighted by molar-refractivity contribution is 4.99. The molecular weight excluding hydrogens is 244 g/mol. The van der Waals surface area contributed by atoms with Crippen LogP contribution in [0.5, 0.6) is 0 Å². The molecule has 0 aromatic carbocycles. The van der Waals surface area contributed by atoms with Gasteiger partial charge in [0.25, 0.3) is 0 Å². The van der Waals surface area contributed by atoms with Gasteiger partial charge in [0.15, 0.2) is 0 Å². The summed E-state index contributed by atoms with van der Waals surface area (Å²) in [6.45, 7) is 13.3. The first kappa shape index (κ1) is 16.3. The fourth-order valence-electron chi connectivity index (χ4n) is 4.31. The highest BCUT2D eigenvalue weighted by atomic mass is 15.3. The van der Waals surface area contributed by atoms with Crippen LogP contribution in [0.3, 0.4) is 0 Å². The second kappa shape index (κ2) is 7.26. The average molecular weight is 280 g/mol. The van der Waals surface area contributed by atoms with Gasteiger partial charge in [-0.3, -0.25) is 4.90 Å². The van der Waals surface area contributed by atoms with E-state index < -0.39 is 0 Å². The quantitative estimate of drug-likeness (QED) is 0.789. The molecule has 2 atom stereocenters. The summed E-state index contributed by atoms with van der Waals surface area (Å²) in [6.07, 6.45) is 9.75. The van der Waals surface area contributed by atoms with E-state index in [2.05, 4.69) is 37.9 Å². The summed E-state index contributed by atoms with van der Waals surface area (Å²) in [5, 5.41) is 3.88. The number of rotatable bonds is 6. The SMILES string of the molecule is CCC(C)C1CN(CC2CCCC2)C(CC)(CC)CN1. The Hall–Kier alpha value is -0.0800. The molecule has 1 heterocycles. The number of hydrogen-bond donors (Lipinski definition) is 1. The van der Waals surface area contributed by atoms with Gasteiger partial charge >= 0.3 is 0 Å². The molecule has 2 heteroatoms. The van der Waals surface area contributed by atoms with Crippen LogP contribution in [0.25, 0.3) is 0 Å². The third kappa shape index (κ3) is 3.39. The summed E-state index contributed by atoms with van der Waals surface area (Å²) in [7, 11) is 0. The lowest BCUT2D eigenvalue weighted by molar-refractivity contribution is 0.00905. The summed E-state index contributed by atoms with van der Waals surface area (Å²) < 4.78 is 0. The van der Waals surface area contributed by atoms with Crippen LogP contribution < -0.4 is 5.32 Å². The van der Waals surface area contributed by atoms with Crippen molar-refractivity contribution in [2.75, 3.05) is 19.6 Å². The minimum Gasteiger partial charge on any atom is -0.311 e. The van der Waals surface area contributed by atoms with Crippen LogP contribution in [-0.2, 0) is 0 Å². The van der Waals surface area contributed by atoms with E-state index in [0.717, 1.165) is 11.8 Å². The zero-order valence-corrected chi connectivity index (χ0v) is 14.3. The second-order valence-corrected chi connectivity index (χ2v) is 7.36. The number of nitrogens with zero attached hydrogens (tertiary/aromatic N) is 1. The topological polar surface area (TPSA) is 15.3 Å². The maximum absolute atomic E-state index is 3.88. The lowest BCUT2D eigenvalue weighted by Crippen LogP contribution is -2.66. The van der Waals surface area contributed by atoms with E-state index >= 15 is 0 Å². The van der Waals surface area contributed by atoms with E-state index in [-0.39, 0.29) is 0 Å². The van der Waals surface area contributed by atoms with Gasteiger partial charge in [-0.15, -0.1) is 0 Å². The van der Waals surface area contributed by atoms with Crippen LogP contribution in [0, 0.1) is 11.8 Å². The number of hydrogen-bond acceptors (Lipinski definition) is 2. The maximum Gasteiger partial charge on any atom is 0.0329 e. The van der Waals surface area contributed by atoms with Gasteiger partial charge in [-0.2, -0.15) is 0 Å². The number of nitrogens with one attached hydrogen (secondary N) is 1. The first-order valence-electron chi connectivity index (χ1n) is 9.13. The van der Waals surface area contributed by atoms with Gasteiger partial charge in [0.1, 0.15) is 0 Å². The Morgan fingerprint density at radius 3 is 2.35 bits per heavy atom. The Morgan fingerprint density at radius 2 is 1.80 bits per heavy atom. The molecule has 0 bridgehead atoms. The van der Waals surface area contributed by atoms with Crippen molar-refractivity contribution in [2.45, 2.75) is 84.2 Å². The molecule has 1 aliphatic heterocycles. The highest BCUT2D eigenvalue weighted by Gasteiger charge is 2.40. The third-order valence-corrected chi connectivity index (χ3v) is 6.38. The zero-order chi connectivity index (χ0) is 14.6. The molecule has 20 heavy (non-hydrogen) atoms. The van der Waals surface area contributed by atoms with Crippen molar-refractivity contribution in [1.82, 2.24) is 10.2 Å². The predicted molar refractivity (Wildman–Crippen MR) is 88.1 cm³/mol. The van der Waals surface area contributed by atoms with Crippen LogP contribution in [0.1, 0.15) is 72.6 Å². The van der Waals surface area contributed by atoms with Gasteiger partial charge in [0, 0.05) is 31.2 Å². The molecule has 2 aliphatic rings. The standard InChI is InChI=1S/C18H36N2/c1-5-15(4)17-13-20(12-16-10-8-9-11-16)18(6-2,7-3)14-19-17/h15-17,19H,5-14H2,1-4H3. The van der Waals surface area contributed by atoms with Gasteiger partial charge in [-0.05, 0) is 37.5 Å². The highest BCUT2D eigenvalue weighted by Crippen LogP contribution is 2.33. The van der Waals surface area contributed by atoms with Gasteiger partial charge in [-0.1, -0.05) is 47.0 Å². The van der Waals surface area contributed by atoms with Gasteiger partial charge in [-0.25, -0.2) is 0 Å². The first-order valence-corrected chi connectivity index (χ1v) is 9.13. The summed E-state index contributed by atoms with van der Waals surface area (Å²) in [5.41, 5.74) is 0.423. The van der Waals surface area contributed by atoms with Gasteiger partial charge in [0.2, 0.25) is 0 Å². The van der Waals surface area contributed by atoms with Gasteiger partial charge in [0.05, 0.1) is 0 Å². The Morgan fingerprint density at radius 1 is 1.15 bits per heavy atom. The molecule has 0 amide bonds. The van der Waals surface area contributed by atoms with E-state index in [1.165, 1.54) is 64.6 Å². The van der Waals surface area contributed by atoms with E-state index in [4.69, 9.17) is 0 Å². The first-order chi connectivity index (χ1) is 9.65. The Balaban J connectivity index is 2.05. The second-order valence-electron chi connectivity index (χ2n) is 7.36. The number of piperazine rings is 1. The van der Waals surface area contributed by atoms with Crippen molar-refractivity contribution in [3.8, 4) is 0 Å². The van der Waals surface area contributed by atoms with Crippen LogP contribution in [0.4, 0.5) is 0 Å². The molecule has 2 fully saturated rings. The van der Waals surface area contributed by atoms with Crippen molar-refractivity contribution in [1.29, 1.82) is 0 Å². The largest absolute Gasteiger partial charge is 0.311 e. The van der Waals surface area contributed by atoms with Crippen LogP contribution in [0.2, 0.25) is 0 Å². The minimum absolute atomic E-state index is 0.423. The van der Waals surface area contributed by atoms with Crippen molar-refractivity contribution in [3.05, 3.63) is 0 Å². The van der Waals surface area contributed by atoms with E-state index in [1.807, 2.05) is 0 Å². The smallest absolute Gasteiger partial charge is 0.0329 e. The van der Waals surface area contributed by atoms with Crippen LogP contribution in [0.15, 0.2) is 0 Å². The van der Waals surface area contributed by atoms with E-state index in [1.54, 1.807) is 0 Å². The summed E-state index contributed by atoms with van der Waals surface area (Å²) in [6, 6.07) is 0.702. The van der Waals surface area contributed by atoms with Crippen molar-refractivity contribution in [3.63, 3.8) is 0 Å². The van der Waals surface area contributed by atoms with Crippen molar-refractivity contribution >= 4 is 0 Å². The van der Waals surface area contributed by atoms with Crippen molar-refractivity contribution < 1.29 is 0 Å². The molecule has 118 valence electrons. The molecule has 1 saturated heterocycles. The fraction of sp³-hybridized carbons (Fsp3) is 1.00. The average Bonchev–Trinajstić information content (AvgIpc) is 2.99.